The summed E-state index contributed by atoms with van der Waals surface area (Å²) < 4.78 is 2.12. The summed E-state index contributed by atoms with van der Waals surface area (Å²) in [6, 6.07) is 0.0375. The fraction of sp³-hybridized carbons (Fsp3) is 0.765. The molecule has 5 nitrogen and oxygen atoms in total. The number of nitrogens with one attached hydrogen (secondary N) is 2. The quantitative estimate of drug-likeness (QED) is 0.821. The Hall–Kier alpha value is -1.52. The highest BCUT2D eigenvalue weighted by Crippen LogP contribution is 2.60. The van der Waals surface area contributed by atoms with Gasteiger partial charge in [-0.3, -0.25) is 0 Å². The summed E-state index contributed by atoms with van der Waals surface area (Å²) in [4.78, 5) is 16.4. The average molecular weight is 302 g/mol. The molecule has 1 aromatic heterocycles. The van der Waals surface area contributed by atoms with Gasteiger partial charge in [-0.1, -0.05) is 0 Å². The molecule has 4 bridgehead atoms. The lowest BCUT2D eigenvalue weighted by atomic mass is 9.80. The number of aromatic nitrogens is 2. The number of carbonyl (C=O) groups excluding carboxylic acids is 1. The van der Waals surface area contributed by atoms with Gasteiger partial charge in [0.2, 0.25) is 0 Å². The Labute approximate surface area is 131 Å². The van der Waals surface area contributed by atoms with Crippen molar-refractivity contribution in [2.75, 3.05) is 6.54 Å². The summed E-state index contributed by atoms with van der Waals surface area (Å²) in [5.41, 5.74) is 1.31. The van der Waals surface area contributed by atoms with Crippen molar-refractivity contribution in [1.29, 1.82) is 0 Å². The summed E-state index contributed by atoms with van der Waals surface area (Å²) >= 11 is 0. The molecule has 1 heterocycles. The van der Waals surface area contributed by atoms with Gasteiger partial charge in [-0.2, -0.15) is 0 Å². The maximum absolute atomic E-state index is 12.2. The molecule has 5 rings (SSSR count). The van der Waals surface area contributed by atoms with E-state index in [4.69, 9.17) is 0 Å². The van der Waals surface area contributed by atoms with E-state index in [9.17, 15) is 4.79 Å². The van der Waals surface area contributed by atoms with Crippen LogP contribution in [-0.4, -0.2) is 27.7 Å². The highest BCUT2D eigenvalue weighted by atomic mass is 16.2. The molecule has 120 valence electrons. The second-order valence-electron chi connectivity index (χ2n) is 7.66. The van der Waals surface area contributed by atoms with Gasteiger partial charge in [0.1, 0.15) is 0 Å². The largest absolute Gasteiger partial charge is 0.338 e. The lowest BCUT2D eigenvalue weighted by Crippen LogP contribution is -2.53. The number of urea groups is 1. The van der Waals surface area contributed by atoms with Gasteiger partial charge in [-0.15, -0.1) is 0 Å². The van der Waals surface area contributed by atoms with E-state index in [-0.39, 0.29) is 11.6 Å². The number of rotatable bonds is 5. The van der Waals surface area contributed by atoms with Crippen LogP contribution in [0.15, 0.2) is 12.5 Å². The van der Waals surface area contributed by atoms with Gasteiger partial charge in [0.15, 0.2) is 0 Å². The van der Waals surface area contributed by atoms with Crippen LogP contribution in [-0.2, 0) is 6.54 Å². The Morgan fingerprint density at radius 1 is 1.36 bits per heavy atom. The number of amides is 2. The van der Waals surface area contributed by atoms with Crippen molar-refractivity contribution in [3.63, 3.8) is 0 Å². The van der Waals surface area contributed by atoms with E-state index in [1.54, 1.807) is 0 Å². The lowest BCUT2D eigenvalue weighted by Gasteiger charge is -2.33. The molecule has 2 amide bonds. The van der Waals surface area contributed by atoms with E-state index in [1.165, 1.54) is 37.8 Å². The molecule has 0 spiro atoms. The Morgan fingerprint density at radius 3 is 2.82 bits per heavy atom. The first-order valence-electron chi connectivity index (χ1n) is 8.67. The Balaban J connectivity index is 1.23. The normalized spacial score (nSPS) is 35.0. The van der Waals surface area contributed by atoms with Crippen LogP contribution in [0.3, 0.4) is 0 Å². The first-order chi connectivity index (χ1) is 10.6. The third kappa shape index (κ3) is 2.40. The van der Waals surface area contributed by atoms with E-state index in [2.05, 4.69) is 27.1 Å². The van der Waals surface area contributed by atoms with E-state index in [1.807, 2.05) is 12.5 Å². The van der Waals surface area contributed by atoms with Crippen LogP contribution >= 0.6 is 0 Å². The van der Waals surface area contributed by atoms with Crippen molar-refractivity contribution in [2.45, 2.75) is 57.5 Å². The number of imidazole rings is 1. The maximum Gasteiger partial charge on any atom is 0.315 e. The highest BCUT2D eigenvalue weighted by Gasteiger charge is 2.58. The fourth-order valence-electron chi connectivity index (χ4n) is 5.34. The summed E-state index contributed by atoms with van der Waals surface area (Å²) in [7, 11) is 0. The molecule has 0 radical (unpaired) electrons. The lowest BCUT2D eigenvalue weighted by molar-refractivity contribution is 0.206. The predicted molar refractivity (Wildman–Crippen MR) is 84.4 cm³/mol. The van der Waals surface area contributed by atoms with E-state index < -0.39 is 0 Å². The molecule has 5 heteroatoms. The second kappa shape index (κ2) is 5.28. The number of aryl methyl sites for hydroxylation is 2. The molecule has 1 aromatic rings. The zero-order chi connectivity index (χ0) is 15.2. The predicted octanol–water partition coefficient (Wildman–Crippen LogP) is 2.46. The van der Waals surface area contributed by atoms with Gasteiger partial charge in [0.05, 0.1) is 6.33 Å². The Morgan fingerprint density at radius 2 is 2.14 bits per heavy atom. The van der Waals surface area contributed by atoms with Crippen LogP contribution in [0.4, 0.5) is 4.79 Å². The number of nitrogens with zero attached hydrogens (tertiary/aromatic N) is 2. The van der Waals surface area contributed by atoms with Crippen LogP contribution in [0.5, 0.6) is 0 Å². The van der Waals surface area contributed by atoms with Crippen LogP contribution in [0.2, 0.25) is 0 Å². The molecular formula is C17H26N4O. The van der Waals surface area contributed by atoms with Gasteiger partial charge in [0.25, 0.3) is 0 Å². The molecule has 0 aromatic carbocycles. The molecule has 4 fully saturated rings. The zero-order valence-electron chi connectivity index (χ0n) is 13.3. The first kappa shape index (κ1) is 14.1. The fourth-order valence-corrected chi connectivity index (χ4v) is 5.34. The average Bonchev–Trinajstić information content (AvgIpc) is 3.04. The van der Waals surface area contributed by atoms with E-state index in [0.29, 0.717) is 0 Å². The van der Waals surface area contributed by atoms with Gasteiger partial charge in [-0.05, 0) is 63.2 Å². The van der Waals surface area contributed by atoms with Gasteiger partial charge < -0.3 is 15.2 Å². The minimum atomic E-state index is 0.0375. The van der Waals surface area contributed by atoms with Crippen molar-refractivity contribution >= 4 is 6.03 Å². The van der Waals surface area contributed by atoms with Crippen molar-refractivity contribution in [3.05, 3.63) is 18.2 Å². The molecule has 2 atom stereocenters. The maximum atomic E-state index is 12.2. The molecule has 4 saturated carbocycles. The van der Waals surface area contributed by atoms with Crippen molar-refractivity contribution in [3.8, 4) is 0 Å². The Bertz CT molecular complexity index is 553. The second-order valence-corrected chi connectivity index (χ2v) is 7.66. The van der Waals surface area contributed by atoms with Crippen LogP contribution < -0.4 is 10.6 Å². The molecule has 4 aliphatic carbocycles. The smallest absolute Gasteiger partial charge is 0.315 e. The highest BCUT2D eigenvalue weighted by molar-refractivity contribution is 5.75. The van der Waals surface area contributed by atoms with Gasteiger partial charge >= 0.3 is 6.03 Å². The summed E-state index contributed by atoms with van der Waals surface area (Å²) in [6.07, 6.45) is 11.2. The molecule has 0 aliphatic heterocycles. The minimum Gasteiger partial charge on any atom is -0.338 e. The summed E-state index contributed by atoms with van der Waals surface area (Å²) in [6.45, 7) is 3.68. The van der Waals surface area contributed by atoms with Crippen molar-refractivity contribution in [2.24, 2.45) is 17.8 Å². The molecule has 2 N–H and O–H groups in total. The Kier molecular flexibility index (Phi) is 3.39. The standard InChI is InChI=1S/C17H26N4O/c1-12-10-18-11-21(12)4-2-3-19-16(22)20-17-8-13-5-14(9-17)7-15(17)6-13/h10-11,13-15H,2-9H2,1H3,(H2,19,20,22). The third-order valence-corrected chi connectivity index (χ3v) is 6.13. The van der Waals surface area contributed by atoms with Crippen LogP contribution in [0.25, 0.3) is 0 Å². The van der Waals surface area contributed by atoms with E-state index >= 15 is 0 Å². The molecule has 4 aliphatic rings. The molecule has 2 unspecified atom stereocenters. The van der Waals surface area contributed by atoms with E-state index in [0.717, 1.165) is 37.3 Å². The molecular weight excluding hydrogens is 276 g/mol. The molecule has 22 heavy (non-hydrogen) atoms. The van der Waals surface area contributed by atoms with Gasteiger partial charge in [0, 0.05) is 30.5 Å². The summed E-state index contributed by atoms with van der Waals surface area (Å²) in [5, 5.41) is 6.40. The summed E-state index contributed by atoms with van der Waals surface area (Å²) in [5.74, 6) is 2.50. The number of hydrogen-bond donors (Lipinski definition) is 2. The first-order valence-corrected chi connectivity index (χ1v) is 8.67. The SMILES string of the molecule is Cc1cncn1CCCNC(=O)NC12CC3CC(CC1C3)C2. The van der Waals surface area contributed by atoms with Gasteiger partial charge in [-0.25, -0.2) is 9.78 Å². The van der Waals surface area contributed by atoms with Crippen LogP contribution in [0.1, 0.15) is 44.2 Å². The van der Waals surface area contributed by atoms with Crippen molar-refractivity contribution < 1.29 is 4.79 Å². The van der Waals surface area contributed by atoms with Crippen molar-refractivity contribution in [1.82, 2.24) is 20.2 Å². The minimum absolute atomic E-state index is 0.0375. The molecule has 0 saturated heterocycles. The topological polar surface area (TPSA) is 59.0 Å². The number of hydrogen-bond acceptors (Lipinski definition) is 2. The monoisotopic (exact) mass is 302 g/mol. The third-order valence-electron chi connectivity index (χ3n) is 6.13. The van der Waals surface area contributed by atoms with Crippen LogP contribution in [0, 0.1) is 24.7 Å². The number of carbonyl (C=O) groups is 1. The zero-order valence-corrected chi connectivity index (χ0v) is 13.3.